The van der Waals surface area contributed by atoms with Crippen molar-refractivity contribution in [3.8, 4) is 11.8 Å². The Labute approximate surface area is 211 Å². The number of anilines is 2. The van der Waals surface area contributed by atoms with Gasteiger partial charge in [-0.05, 0) is 36.8 Å². The normalized spacial score (nSPS) is 18.4. The molecule has 0 aliphatic carbocycles. The number of benzene rings is 1. The van der Waals surface area contributed by atoms with Crippen molar-refractivity contribution in [2.24, 2.45) is 0 Å². The van der Waals surface area contributed by atoms with E-state index in [9.17, 15) is 31.5 Å². The molecule has 1 aromatic heterocycles. The number of pyridine rings is 1. The number of carbonyl (C=O) groups is 1. The van der Waals surface area contributed by atoms with Crippen LogP contribution >= 0.6 is 0 Å². The first-order chi connectivity index (χ1) is 17.3. The van der Waals surface area contributed by atoms with Crippen LogP contribution in [0, 0.1) is 11.8 Å². The fraction of sp³-hybridized carbons (Fsp3) is 0.391. The second-order valence-corrected chi connectivity index (χ2v) is 10.1. The number of methoxy groups -OCH3 is 1. The van der Waals surface area contributed by atoms with Crippen molar-refractivity contribution in [1.29, 1.82) is 0 Å². The molecule has 0 radical (unpaired) electrons. The van der Waals surface area contributed by atoms with Crippen LogP contribution in [0.15, 0.2) is 47.5 Å². The van der Waals surface area contributed by atoms with Gasteiger partial charge in [0, 0.05) is 38.6 Å². The van der Waals surface area contributed by atoms with Gasteiger partial charge in [0.25, 0.3) is 0 Å². The van der Waals surface area contributed by atoms with E-state index in [-0.39, 0.29) is 30.3 Å². The van der Waals surface area contributed by atoms with Crippen LogP contribution in [0.5, 0.6) is 0 Å². The summed E-state index contributed by atoms with van der Waals surface area (Å²) in [6.07, 6.45) is -5.25. The van der Waals surface area contributed by atoms with E-state index in [1.807, 2.05) is 5.32 Å². The number of rotatable bonds is 7. The fourth-order valence-electron chi connectivity index (χ4n) is 3.91. The number of carboxylic acid groups (broad SMARTS) is 1. The molecule has 0 bridgehead atoms. The lowest BCUT2D eigenvalue weighted by Crippen LogP contribution is -2.54. The van der Waals surface area contributed by atoms with Crippen molar-refractivity contribution >= 4 is 27.6 Å². The van der Waals surface area contributed by atoms with E-state index in [0.717, 1.165) is 25.4 Å². The fourth-order valence-corrected chi connectivity index (χ4v) is 5.29. The van der Waals surface area contributed by atoms with Crippen molar-refractivity contribution in [3.05, 3.63) is 48.2 Å². The van der Waals surface area contributed by atoms with Gasteiger partial charge in [-0.2, -0.15) is 17.5 Å². The largest absolute Gasteiger partial charge is 0.465 e. The van der Waals surface area contributed by atoms with Gasteiger partial charge in [0.1, 0.15) is 16.8 Å². The average molecular weight is 543 g/mol. The molecular formula is C23H25F3N4O6S. The van der Waals surface area contributed by atoms with Crippen molar-refractivity contribution in [1.82, 2.24) is 9.29 Å². The lowest BCUT2D eigenvalue weighted by Gasteiger charge is -2.40. The number of nitrogens with zero attached hydrogens (tertiary/aromatic N) is 3. The third kappa shape index (κ3) is 5.96. The molecule has 37 heavy (non-hydrogen) atoms. The van der Waals surface area contributed by atoms with E-state index in [0.29, 0.717) is 5.69 Å². The Bertz CT molecular complexity index is 1280. The number of amides is 1. The number of hydrogen-bond donors (Lipinski definition) is 3. The van der Waals surface area contributed by atoms with Gasteiger partial charge in [-0.15, -0.1) is 5.92 Å². The third-order valence-corrected chi connectivity index (χ3v) is 7.61. The Balaban J connectivity index is 1.83. The number of alkyl halides is 3. The van der Waals surface area contributed by atoms with Crippen molar-refractivity contribution in [2.45, 2.75) is 29.6 Å². The Morgan fingerprint density at radius 1 is 1.22 bits per heavy atom. The zero-order valence-corrected chi connectivity index (χ0v) is 20.7. The molecule has 1 aliphatic heterocycles. The summed E-state index contributed by atoms with van der Waals surface area (Å²) in [5.41, 5.74) is -3.07. The van der Waals surface area contributed by atoms with Crippen LogP contribution in [-0.4, -0.2) is 79.6 Å². The molecule has 1 unspecified atom stereocenters. The number of hydrogen-bond acceptors (Lipinski definition) is 7. The molecule has 2 aromatic rings. The first-order valence-electron chi connectivity index (χ1n) is 10.9. The van der Waals surface area contributed by atoms with Crippen LogP contribution in [0.4, 0.5) is 29.5 Å². The van der Waals surface area contributed by atoms with Gasteiger partial charge in [-0.3, -0.25) is 5.32 Å². The van der Waals surface area contributed by atoms with Gasteiger partial charge in [0.2, 0.25) is 15.6 Å². The van der Waals surface area contributed by atoms with Crippen molar-refractivity contribution < 1.29 is 41.3 Å². The summed E-state index contributed by atoms with van der Waals surface area (Å²) in [4.78, 5) is 16.2. The predicted octanol–water partition coefficient (Wildman–Crippen LogP) is 2.47. The van der Waals surface area contributed by atoms with Gasteiger partial charge in [-0.1, -0.05) is 18.1 Å². The minimum absolute atomic E-state index is 0.0302. The summed E-state index contributed by atoms with van der Waals surface area (Å²) < 4.78 is 72.7. The molecule has 2 heterocycles. The number of piperazine rings is 1. The minimum Gasteiger partial charge on any atom is -0.465 e. The molecule has 3 rings (SSSR count). The van der Waals surface area contributed by atoms with Crippen LogP contribution in [0.25, 0.3) is 0 Å². The summed E-state index contributed by atoms with van der Waals surface area (Å²) in [6, 6.07) is 6.98. The van der Waals surface area contributed by atoms with Crippen LogP contribution in [0.1, 0.15) is 12.5 Å². The molecule has 1 aromatic carbocycles. The summed E-state index contributed by atoms with van der Waals surface area (Å²) >= 11 is 0. The predicted molar refractivity (Wildman–Crippen MR) is 127 cm³/mol. The molecule has 3 N–H and O–H groups in total. The second-order valence-electron chi connectivity index (χ2n) is 8.11. The molecule has 1 fully saturated rings. The molecule has 1 aliphatic rings. The molecule has 0 spiro atoms. The Kier molecular flexibility index (Phi) is 8.33. The van der Waals surface area contributed by atoms with E-state index >= 15 is 0 Å². The molecule has 2 atom stereocenters. The topological polar surface area (TPSA) is 132 Å². The maximum atomic E-state index is 13.5. The van der Waals surface area contributed by atoms with Gasteiger partial charge in [0.05, 0.1) is 6.61 Å². The SMILES string of the molecule is CC#C[C@H]1CN(S(=O)(=O)c2ccc(NC(=O)O)nc2)CCN1c1ccc(C(O)(COC)C(F)(F)F)cc1. The van der Waals surface area contributed by atoms with Crippen LogP contribution in [0.2, 0.25) is 0 Å². The standard InChI is InChI=1S/C23H25F3N4O6S/c1-3-4-18-14-29(37(34,35)19-9-10-20(27-13-19)28-21(31)32)11-12-30(18)17-7-5-16(6-8-17)22(33,15-36-2)23(24,25)26/h5-10,13,18,33H,11-12,14-15H2,1-2H3,(H,27,28)(H,31,32)/t18-,22?/m0/s1. The highest BCUT2D eigenvalue weighted by atomic mass is 32.2. The average Bonchev–Trinajstić information content (AvgIpc) is 2.84. The monoisotopic (exact) mass is 542 g/mol. The smallest absolute Gasteiger partial charge is 0.423 e. The first-order valence-corrected chi connectivity index (χ1v) is 12.3. The Morgan fingerprint density at radius 3 is 2.41 bits per heavy atom. The summed E-state index contributed by atoms with van der Waals surface area (Å²) in [7, 11) is -2.92. The Morgan fingerprint density at radius 2 is 1.89 bits per heavy atom. The molecule has 14 heteroatoms. The molecule has 0 saturated carbocycles. The molecular weight excluding hydrogens is 517 g/mol. The molecule has 1 saturated heterocycles. The van der Waals surface area contributed by atoms with E-state index in [2.05, 4.69) is 21.6 Å². The van der Waals surface area contributed by atoms with E-state index in [1.54, 1.807) is 11.8 Å². The maximum absolute atomic E-state index is 13.5. The number of ether oxygens (including phenoxy) is 1. The lowest BCUT2D eigenvalue weighted by molar-refractivity contribution is -0.280. The van der Waals surface area contributed by atoms with E-state index in [1.165, 1.54) is 28.6 Å². The first kappa shape index (κ1) is 28.2. The zero-order valence-electron chi connectivity index (χ0n) is 19.9. The van der Waals surface area contributed by atoms with Crippen molar-refractivity contribution in [2.75, 3.05) is 43.6 Å². The van der Waals surface area contributed by atoms with E-state index in [4.69, 9.17) is 5.11 Å². The Hall–Kier alpha value is -3.38. The molecule has 1 amide bonds. The number of sulfonamides is 1. The van der Waals surface area contributed by atoms with Gasteiger partial charge in [-0.25, -0.2) is 18.2 Å². The zero-order chi connectivity index (χ0) is 27.4. The summed E-state index contributed by atoms with van der Waals surface area (Å²) in [5.74, 6) is 5.66. The quantitative estimate of drug-likeness (QED) is 0.455. The number of nitrogens with one attached hydrogen (secondary N) is 1. The van der Waals surface area contributed by atoms with Crippen molar-refractivity contribution in [3.63, 3.8) is 0 Å². The second kappa shape index (κ2) is 10.9. The third-order valence-electron chi connectivity index (χ3n) is 5.76. The number of aliphatic hydroxyl groups is 1. The van der Waals surface area contributed by atoms with Crippen LogP contribution < -0.4 is 10.2 Å². The van der Waals surface area contributed by atoms with Gasteiger partial charge < -0.3 is 19.8 Å². The van der Waals surface area contributed by atoms with Crippen LogP contribution in [0.3, 0.4) is 0 Å². The van der Waals surface area contributed by atoms with Gasteiger partial charge in [0.15, 0.2) is 0 Å². The number of halogens is 3. The number of aromatic nitrogens is 1. The molecule has 200 valence electrons. The summed E-state index contributed by atoms with van der Waals surface area (Å²) in [5, 5.41) is 21.0. The highest BCUT2D eigenvalue weighted by Gasteiger charge is 2.55. The highest BCUT2D eigenvalue weighted by Crippen LogP contribution is 2.40. The summed E-state index contributed by atoms with van der Waals surface area (Å²) in [6.45, 7) is 0.818. The lowest BCUT2D eigenvalue weighted by atomic mass is 9.93. The van der Waals surface area contributed by atoms with Crippen LogP contribution in [-0.2, 0) is 20.4 Å². The van der Waals surface area contributed by atoms with E-state index < -0.39 is 46.1 Å². The maximum Gasteiger partial charge on any atom is 0.423 e. The minimum atomic E-state index is -4.96. The highest BCUT2D eigenvalue weighted by molar-refractivity contribution is 7.89. The molecule has 10 nitrogen and oxygen atoms in total. The van der Waals surface area contributed by atoms with Gasteiger partial charge >= 0.3 is 12.3 Å².